The highest BCUT2D eigenvalue weighted by atomic mass is 32.2. The SMILES string of the molecule is C=C(C)CSc1cc(N)cc(F)c1. The molecule has 2 N–H and O–H groups in total. The Morgan fingerprint density at radius 2 is 2.23 bits per heavy atom. The quantitative estimate of drug-likeness (QED) is 0.458. The summed E-state index contributed by atoms with van der Waals surface area (Å²) in [6.45, 7) is 5.71. The molecule has 0 aliphatic rings. The molecule has 1 rings (SSSR count). The summed E-state index contributed by atoms with van der Waals surface area (Å²) in [5.41, 5.74) is 7.02. The van der Waals surface area contributed by atoms with Crippen LogP contribution in [0.1, 0.15) is 6.92 Å². The molecule has 3 heteroatoms. The zero-order chi connectivity index (χ0) is 9.84. The minimum Gasteiger partial charge on any atom is -0.399 e. The van der Waals surface area contributed by atoms with E-state index in [4.69, 9.17) is 5.73 Å². The second-order valence-electron chi connectivity index (χ2n) is 2.97. The normalized spacial score (nSPS) is 10.0. The molecule has 0 radical (unpaired) electrons. The van der Waals surface area contributed by atoms with Crippen LogP contribution in [0.4, 0.5) is 10.1 Å². The first-order chi connectivity index (χ1) is 6.08. The van der Waals surface area contributed by atoms with E-state index in [0.29, 0.717) is 5.69 Å². The van der Waals surface area contributed by atoms with Crippen molar-refractivity contribution in [2.75, 3.05) is 11.5 Å². The summed E-state index contributed by atoms with van der Waals surface area (Å²) in [5.74, 6) is 0.507. The molecular formula is C10H12FNS. The molecule has 0 atom stereocenters. The van der Waals surface area contributed by atoms with Crippen LogP contribution < -0.4 is 5.73 Å². The summed E-state index contributed by atoms with van der Waals surface area (Å²) in [6.07, 6.45) is 0. The van der Waals surface area contributed by atoms with Gasteiger partial charge in [-0.15, -0.1) is 11.8 Å². The van der Waals surface area contributed by atoms with Crippen LogP contribution in [-0.4, -0.2) is 5.75 Å². The van der Waals surface area contributed by atoms with Crippen LogP contribution in [0, 0.1) is 5.82 Å². The van der Waals surface area contributed by atoms with E-state index >= 15 is 0 Å². The molecule has 0 saturated carbocycles. The largest absolute Gasteiger partial charge is 0.399 e. The van der Waals surface area contributed by atoms with Gasteiger partial charge < -0.3 is 5.73 Å². The maximum atomic E-state index is 12.8. The van der Waals surface area contributed by atoms with Gasteiger partial charge in [0.05, 0.1) is 0 Å². The summed E-state index contributed by atoms with van der Waals surface area (Å²) >= 11 is 1.54. The molecule has 0 aromatic heterocycles. The first-order valence-electron chi connectivity index (χ1n) is 3.91. The second kappa shape index (κ2) is 4.33. The Balaban J connectivity index is 2.71. The maximum Gasteiger partial charge on any atom is 0.126 e. The molecule has 1 aromatic carbocycles. The van der Waals surface area contributed by atoms with Crippen molar-refractivity contribution in [1.82, 2.24) is 0 Å². The summed E-state index contributed by atoms with van der Waals surface area (Å²) < 4.78 is 12.8. The van der Waals surface area contributed by atoms with Gasteiger partial charge in [-0.1, -0.05) is 12.2 Å². The average molecular weight is 197 g/mol. The number of nitrogen functional groups attached to an aromatic ring is 1. The highest BCUT2D eigenvalue weighted by molar-refractivity contribution is 7.99. The average Bonchev–Trinajstić information content (AvgIpc) is 1.99. The van der Waals surface area contributed by atoms with E-state index in [9.17, 15) is 4.39 Å². The summed E-state index contributed by atoms with van der Waals surface area (Å²) in [7, 11) is 0. The molecular weight excluding hydrogens is 185 g/mol. The number of nitrogens with two attached hydrogens (primary N) is 1. The molecule has 0 saturated heterocycles. The lowest BCUT2D eigenvalue weighted by molar-refractivity contribution is 0.625. The number of hydrogen-bond donors (Lipinski definition) is 1. The lowest BCUT2D eigenvalue weighted by Gasteiger charge is -2.02. The lowest BCUT2D eigenvalue weighted by Crippen LogP contribution is -1.88. The maximum absolute atomic E-state index is 12.8. The first kappa shape index (κ1) is 10.1. The van der Waals surface area contributed by atoms with Gasteiger partial charge in [-0.2, -0.15) is 0 Å². The molecule has 0 aliphatic heterocycles. The molecule has 0 aliphatic carbocycles. The van der Waals surface area contributed by atoms with Crippen LogP contribution in [0.3, 0.4) is 0 Å². The third-order valence-electron chi connectivity index (χ3n) is 1.38. The molecule has 0 fully saturated rings. The van der Waals surface area contributed by atoms with Crippen LogP contribution in [0.25, 0.3) is 0 Å². The Hall–Kier alpha value is -0.960. The standard InChI is InChI=1S/C10H12FNS/c1-7(2)6-13-10-4-8(11)3-9(12)5-10/h3-5H,1,6,12H2,2H3. The summed E-state index contributed by atoms with van der Waals surface area (Å²) in [4.78, 5) is 0.848. The topological polar surface area (TPSA) is 26.0 Å². The van der Waals surface area contributed by atoms with Crippen molar-refractivity contribution in [3.63, 3.8) is 0 Å². The van der Waals surface area contributed by atoms with Crippen molar-refractivity contribution in [2.45, 2.75) is 11.8 Å². The predicted octanol–water partition coefficient (Wildman–Crippen LogP) is 3.08. The minimum absolute atomic E-state index is 0.288. The number of rotatable bonds is 3. The molecule has 0 bridgehead atoms. The van der Waals surface area contributed by atoms with Crippen molar-refractivity contribution in [1.29, 1.82) is 0 Å². The van der Waals surface area contributed by atoms with Crippen molar-refractivity contribution in [3.05, 3.63) is 36.2 Å². The van der Waals surface area contributed by atoms with Crippen molar-refractivity contribution < 1.29 is 4.39 Å². The Bertz CT molecular complexity index is 302. The van der Waals surface area contributed by atoms with Gasteiger partial charge in [-0.3, -0.25) is 0 Å². The van der Waals surface area contributed by atoms with Gasteiger partial charge >= 0.3 is 0 Å². The van der Waals surface area contributed by atoms with Crippen LogP contribution in [0.2, 0.25) is 0 Å². The van der Waals surface area contributed by atoms with Gasteiger partial charge in [0.2, 0.25) is 0 Å². The Morgan fingerprint density at radius 1 is 1.54 bits per heavy atom. The van der Waals surface area contributed by atoms with E-state index in [1.807, 2.05) is 6.92 Å². The van der Waals surface area contributed by atoms with Gasteiger partial charge in [-0.25, -0.2) is 4.39 Å². The molecule has 1 aromatic rings. The zero-order valence-electron chi connectivity index (χ0n) is 7.51. The minimum atomic E-state index is -0.288. The molecule has 0 spiro atoms. The van der Waals surface area contributed by atoms with Gasteiger partial charge in [0.1, 0.15) is 5.82 Å². The molecule has 0 amide bonds. The van der Waals surface area contributed by atoms with Gasteiger partial charge in [-0.05, 0) is 25.1 Å². The Morgan fingerprint density at radius 3 is 2.77 bits per heavy atom. The molecule has 13 heavy (non-hydrogen) atoms. The first-order valence-corrected chi connectivity index (χ1v) is 4.90. The van der Waals surface area contributed by atoms with E-state index in [-0.39, 0.29) is 5.82 Å². The number of benzene rings is 1. The van der Waals surface area contributed by atoms with Crippen LogP contribution in [-0.2, 0) is 0 Å². The van der Waals surface area contributed by atoms with Crippen LogP contribution in [0.5, 0.6) is 0 Å². The third-order valence-corrected chi connectivity index (χ3v) is 2.59. The fourth-order valence-electron chi connectivity index (χ4n) is 0.874. The molecule has 0 heterocycles. The lowest BCUT2D eigenvalue weighted by atomic mass is 10.3. The predicted molar refractivity (Wildman–Crippen MR) is 56.4 cm³/mol. The second-order valence-corrected chi connectivity index (χ2v) is 4.01. The number of anilines is 1. The molecule has 70 valence electrons. The van der Waals surface area contributed by atoms with E-state index in [2.05, 4.69) is 6.58 Å². The van der Waals surface area contributed by atoms with E-state index in [0.717, 1.165) is 16.2 Å². The fourth-order valence-corrected chi connectivity index (χ4v) is 1.70. The highest BCUT2D eigenvalue weighted by Crippen LogP contribution is 2.23. The van der Waals surface area contributed by atoms with Gasteiger partial charge in [0.15, 0.2) is 0 Å². The molecule has 1 nitrogen and oxygen atoms in total. The van der Waals surface area contributed by atoms with Crippen LogP contribution in [0.15, 0.2) is 35.2 Å². The van der Waals surface area contributed by atoms with Crippen molar-refractivity contribution in [3.8, 4) is 0 Å². The van der Waals surface area contributed by atoms with Crippen molar-refractivity contribution >= 4 is 17.4 Å². The smallest absolute Gasteiger partial charge is 0.126 e. The highest BCUT2D eigenvalue weighted by Gasteiger charge is 1.98. The van der Waals surface area contributed by atoms with Gasteiger partial charge in [0.25, 0.3) is 0 Å². The summed E-state index contributed by atoms with van der Waals surface area (Å²) in [5, 5.41) is 0. The van der Waals surface area contributed by atoms with E-state index in [1.54, 1.807) is 6.07 Å². The summed E-state index contributed by atoms with van der Waals surface area (Å²) in [6, 6.07) is 4.55. The fraction of sp³-hybridized carbons (Fsp3) is 0.200. The Labute approximate surface area is 81.8 Å². The number of thioether (sulfide) groups is 1. The van der Waals surface area contributed by atoms with Gasteiger partial charge in [0, 0.05) is 16.3 Å². The third kappa shape index (κ3) is 3.51. The molecule has 0 unspecified atom stereocenters. The zero-order valence-corrected chi connectivity index (χ0v) is 8.33. The number of hydrogen-bond acceptors (Lipinski definition) is 2. The number of halogens is 1. The van der Waals surface area contributed by atoms with Crippen LogP contribution >= 0.6 is 11.8 Å². The Kier molecular flexibility index (Phi) is 3.37. The van der Waals surface area contributed by atoms with E-state index in [1.165, 1.54) is 23.9 Å². The van der Waals surface area contributed by atoms with E-state index < -0.39 is 0 Å². The van der Waals surface area contributed by atoms with Crippen molar-refractivity contribution in [2.24, 2.45) is 0 Å². The monoisotopic (exact) mass is 197 g/mol.